The largest absolute Gasteiger partial charge is 0.508 e. The van der Waals surface area contributed by atoms with Crippen molar-refractivity contribution >= 4 is 0 Å². The minimum atomic E-state index is -4.28. The van der Waals surface area contributed by atoms with E-state index in [4.69, 9.17) is 0 Å². The van der Waals surface area contributed by atoms with Crippen LogP contribution in [0, 0.1) is 0 Å². The van der Waals surface area contributed by atoms with E-state index in [9.17, 15) is 27.8 Å². The molecule has 2 aromatic carbocycles. The highest BCUT2D eigenvalue weighted by molar-refractivity contribution is 5.39. The van der Waals surface area contributed by atoms with Gasteiger partial charge in [-0.2, -0.15) is 8.78 Å². The Balaban J connectivity index is 2.54. The first-order valence-electron chi connectivity index (χ1n) is 6.06. The summed E-state index contributed by atoms with van der Waals surface area (Å²) in [5.41, 5.74) is -0.104. The number of halogens is 4. The number of alkyl halides is 4. The summed E-state index contributed by atoms with van der Waals surface area (Å²) >= 11 is 0. The Hall–Kier alpha value is -2.24. The van der Waals surface area contributed by atoms with Crippen molar-refractivity contribution in [3.63, 3.8) is 0 Å². The molecule has 0 unspecified atom stereocenters. The van der Waals surface area contributed by atoms with Gasteiger partial charge < -0.3 is 10.2 Å². The van der Waals surface area contributed by atoms with Crippen LogP contribution in [0.25, 0.3) is 0 Å². The first-order valence-corrected chi connectivity index (χ1v) is 6.06. The maximum Gasteiger partial charge on any atom is 0.318 e. The highest BCUT2D eigenvalue weighted by Gasteiger charge is 2.50. The number of rotatable bonds is 4. The minimum Gasteiger partial charge on any atom is -0.508 e. The van der Waals surface area contributed by atoms with Crippen molar-refractivity contribution in [2.24, 2.45) is 0 Å². The van der Waals surface area contributed by atoms with Crippen molar-refractivity contribution in [1.82, 2.24) is 0 Å². The SMILES string of the molecule is Oc1ccc(C(c2ccc(O)cc2)C(F)(F)C(F)F)cc1. The molecule has 0 fully saturated rings. The van der Waals surface area contributed by atoms with Gasteiger partial charge in [0.1, 0.15) is 11.5 Å². The molecule has 0 saturated heterocycles. The molecule has 0 aliphatic heterocycles. The summed E-state index contributed by atoms with van der Waals surface area (Å²) in [5.74, 6) is -6.46. The van der Waals surface area contributed by atoms with Crippen molar-refractivity contribution in [3.8, 4) is 11.5 Å². The van der Waals surface area contributed by atoms with Crippen LogP contribution in [0.3, 0.4) is 0 Å². The molecule has 0 aromatic heterocycles. The lowest BCUT2D eigenvalue weighted by Crippen LogP contribution is -2.35. The summed E-state index contributed by atoms with van der Waals surface area (Å²) in [6.45, 7) is 0. The van der Waals surface area contributed by atoms with E-state index in [-0.39, 0.29) is 22.6 Å². The van der Waals surface area contributed by atoms with Crippen LogP contribution >= 0.6 is 0 Å². The Labute approximate surface area is 118 Å². The smallest absolute Gasteiger partial charge is 0.318 e. The third kappa shape index (κ3) is 3.09. The number of hydrogen-bond donors (Lipinski definition) is 2. The van der Waals surface area contributed by atoms with Crippen LogP contribution in [-0.2, 0) is 0 Å². The molecule has 6 heteroatoms. The average molecular weight is 300 g/mol. The number of hydrogen-bond acceptors (Lipinski definition) is 2. The molecule has 0 atom stereocenters. The van der Waals surface area contributed by atoms with E-state index in [1.807, 2.05) is 0 Å². The number of benzene rings is 2. The first-order chi connectivity index (χ1) is 9.82. The molecule has 0 bridgehead atoms. The molecular formula is C15H12F4O2. The van der Waals surface area contributed by atoms with Crippen LogP contribution in [0.4, 0.5) is 17.6 Å². The van der Waals surface area contributed by atoms with E-state index in [0.717, 1.165) is 24.3 Å². The summed E-state index contributed by atoms with van der Waals surface area (Å²) in [4.78, 5) is 0. The van der Waals surface area contributed by atoms with E-state index in [1.165, 1.54) is 24.3 Å². The molecule has 2 nitrogen and oxygen atoms in total. The Bertz CT molecular complexity index is 549. The van der Waals surface area contributed by atoms with Gasteiger partial charge in [0.2, 0.25) is 0 Å². The molecule has 0 amide bonds. The third-order valence-electron chi connectivity index (χ3n) is 3.13. The Morgan fingerprint density at radius 3 is 1.33 bits per heavy atom. The van der Waals surface area contributed by atoms with Gasteiger partial charge in [0.15, 0.2) is 0 Å². The van der Waals surface area contributed by atoms with Gasteiger partial charge in [-0.05, 0) is 35.4 Å². The van der Waals surface area contributed by atoms with Gasteiger partial charge in [0, 0.05) is 0 Å². The van der Waals surface area contributed by atoms with Crippen molar-refractivity contribution in [1.29, 1.82) is 0 Å². The summed E-state index contributed by atoms with van der Waals surface area (Å²) in [7, 11) is 0. The molecule has 0 spiro atoms. The first kappa shape index (κ1) is 15.2. The fourth-order valence-corrected chi connectivity index (χ4v) is 2.10. The lowest BCUT2D eigenvalue weighted by Gasteiger charge is -2.27. The third-order valence-corrected chi connectivity index (χ3v) is 3.13. The predicted molar refractivity (Wildman–Crippen MR) is 69.0 cm³/mol. The standard InChI is InChI=1S/C15H12F4O2/c16-14(17)15(18,19)13(9-1-5-11(20)6-2-9)10-3-7-12(21)8-4-10/h1-8,13-14,20-21H. The molecular weight excluding hydrogens is 288 g/mol. The zero-order valence-corrected chi connectivity index (χ0v) is 10.7. The summed E-state index contributed by atoms with van der Waals surface area (Å²) in [6, 6.07) is 9.31. The number of phenols is 2. The van der Waals surface area contributed by atoms with Crippen molar-refractivity contribution < 1.29 is 27.8 Å². The summed E-state index contributed by atoms with van der Waals surface area (Å²) < 4.78 is 53.3. The van der Waals surface area contributed by atoms with Gasteiger partial charge >= 0.3 is 12.3 Å². The molecule has 0 heterocycles. The molecule has 0 radical (unpaired) electrons. The van der Waals surface area contributed by atoms with Gasteiger partial charge in [0.05, 0.1) is 5.92 Å². The molecule has 0 aliphatic rings. The molecule has 2 N–H and O–H groups in total. The van der Waals surface area contributed by atoms with Crippen molar-refractivity contribution in [3.05, 3.63) is 59.7 Å². The fourth-order valence-electron chi connectivity index (χ4n) is 2.10. The maximum atomic E-state index is 13.9. The molecule has 0 aliphatic carbocycles. The number of aromatic hydroxyl groups is 2. The maximum absolute atomic E-state index is 13.9. The van der Waals surface area contributed by atoms with Gasteiger partial charge in [-0.1, -0.05) is 24.3 Å². The molecule has 112 valence electrons. The minimum absolute atomic E-state index is 0.0520. The predicted octanol–water partition coefficient (Wildman–Crippen LogP) is 4.13. The van der Waals surface area contributed by atoms with Crippen LogP contribution in [0.1, 0.15) is 17.0 Å². The second-order valence-corrected chi connectivity index (χ2v) is 4.59. The van der Waals surface area contributed by atoms with Crippen molar-refractivity contribution in [2.75, 3.05) is 0 Å². The van der Waals surface area contributed by atoms with Crippen LogP contribution in [-0.4, -0.2) is 22.6 Å². The quantitative estimate of drug-likeness (QED) is 0.833. The van der Waals surface area contributed by atoms with E-state index in [0.29, 0.717) is 0 Å². The molecule has 2 aromatic rings. The van der Waals surface area contributed by atoms with Crippen LogP contribution in [0.2, 0.25) is 0 Å². The Kier molecular flexibility index (Phi) is 4.06. The van der Waals surface area contributed by atoms with Crippen LogP contribution < -0.4 is 0 Å². The molecule has 2 rings (SSSR count). The van der Waals surface area contributed by atoms with Crippen LogP contribution in [0.5, 0.6) is 11.5 Å². The molecule has 21 heavy (non-hydrogen) atoms. The Morgan fingerprint density at radius 2 is 1.05 bits per heavy atom. The second kappa shape index (κ2) is 5.63. The van der Waals surface area contributed by atoms with E-state index < -0.39 is 18.3 Å². The lowest BCUT2D eigenvalue weighted by molar-refractivity contribution is -0.138. The van der Waals surface area contributed by atoms with Gasteiger partial charge in [-0.25, -0.2) is 8.78 Å². The zero-order valence-electron chi connectivity index (χ0n) is 10.7. The van der Waals surface area contributed by atoms with Crippen molar-refractivity contribution in [2.45, 2.75) is 18.3 Å². The summed E-state index contributed by atoms with van der Waals surface area (Å²) in [5, 5.41) is 18.4. The van der Waals surface area contributed by atoms with E-state index in [1.54, 1.807) is 0 Å². The highest BCUT2D eigenvalue weighted by atomic mass is 19.3. The second-order valence-electron chi connectivity index (χ2n) is 4.59. The monoisotopic (exact) mass is 300 g/mol. The van der Waals surface area contributed by atoms with Gasteiger partial charge in [-0.3, -0.25) is 0 Å². The van der Waals surface area contributed by atoms with Gasteiger partial charge in [-0.15, -0.1) is 0 Å². The zero-order chi connectivity index (χ0) is 15.6. The summed E-state index contributed by atoms with van der Waals surface area (Å²) in [6.07, 6.45) is -3.84. The fraction of sp³-hybridized carbons (Fsp3) is 0.200. The lowest BCUT2D eigenvalue weighted by atomic mass is 9.86. The Morgan fingerprint density at radius 1 is 0.714 bits per heavy atom. The van der Waals surface area contributed by atoms with Gasteiger partial charge in [0.25, 0.3) is 0 Å². The van der Waals surface area contributed by atoms with E-state index in [2.05, 4.69) is 0 Å². The average Bonchev–Trinajstić information content (AvgIpc) is 2.43. The topological polar surface area (TPSA) is 40.5 Å². The highest BCUT2D eigenvalue weighted by Crippen LogP contribution is 2.43. The number of phenolic OH excluding ortho intramolecular Hbond substituents is 2. The van der Waals surface area contributed by atoms with E-state index >= 15 is 0 Å². The molecule has 0 saturated carbocycles. The normalized spacial score (nSPS) is 12.1. The van der Waals surface area contributed by atoms with Crippen LogP contribution in [0.15, 0.2) is 48.5 Å².